The van der Waals surface area contributed by atoms with Gasteiger partial charge in [0.15, 0.2) is 10.9 Å². The number of amides is 1. The first-order valence-corrected chi connectivity index (χ1v) is 10.9. The lowest BCUT2D eigenvalue weighted by molar-refractivity contribution is -0.118. The molecule has 1 aromatic carbocycles. The second-order valence-electron chi connectivity index (χ2n) is 6.19. The molecule has 2 aromatic heterocycles. The van der Waals surface area contributed by atoms with Crippen LogP contribution in [-0.2, 0) is 11.2 Å². The predicted octanol–water partition coefficient (Wildman–Crippen LogP) is 5.63. The van der Waals surface area contributed by atoms with Crippen LogP contribution in [0.2, 0.25) is 4.34 Å². The van der Waals surface area contributed by atoms with E-state index in [4.69, 9.17) is 11.6 Å². The fourth-order valence-electron chi connectivity index (χ4n) is 2.86. The second-order valence-corrected chi connectivity index (χ2v) is 8.99. The van der Waals surface area contributed by atoms with Gasteiger partial charge in [0.2, 0.25) is 5.91 Å². The first-order chi connectivity index (χ1) is 13.4. The Labute approximate surface area is 187 Å². The quantitative estimate of drug-likeness (QED) is 0.420. The number of hydrogen-bond acceptors (Lipinski definition) is 5. The van der Waals surface area contributed by atoms with Gasteiger partial charge in [0, 0.05) is 24.0 Å². The van der Waals surface area contributed by atoms with Crippen LogP contribution < -0.4 is 4.90 Å². The van der Waals surface area contributed by atoms with Crippen molar-refractivity contribution in [1.29, 1.82) is 0 Å². The smallest absolute Gasteiger partial charge is 0.234 e. The molecule has 4 nitrogen and oxygen atoms in total. The second kappa shape index (κ2) is 10.6. The Hall–Kier alpha value is -1.32. The molecule has 0 fully saturated rings. The molecular formula is C19H21Cl2F2N3OS2. The predicted molar refractivity (Wildman–Crippen MR) is 120 cm³/mol. The van der Waals surface area contributed by atoms with Crippen LogP contribution >= 0.6 is 46.7 Å². The van der Waals surface area contributed by atoms with E-state index in [1.807, 2.05) is 6.07 Å². The molecule has 0 saturated heterocycles. The molecule has 29 heavy (non-hydrogen) atoms. The molecule has 0 saturated carbocycles. The lowest BCUT2D eigenvalue weighted by Gasteiger charge is -2.24. The van der Waals surface area contributed by atoms with Gasteiger partial charge in [-0.1, -0.05) is 36.8 Å². The highest BCUT2D eigenvalue weighted by molar-refractivity contribution is 7.22. The van der Waals surface area contributed by atoms with E-state index in [9.17, 15) is 13.6 Å². The summed E-state index contributed by atoms with van der Waals surface area (Å²) >= 11 is 8.44. The maximum absolute atomic E-state index is 14.1. The summed E-state index contributed by atoms with van der Waals surface area (Å²) in [7, 11) is 0. The van der Waals surface area contributed by atoms with Crippen molar-refractivity contribution >= 4 is 67.9 Å². The van der Waals surface area contributed by atoms with Crippen LogP contribution in [0.5, 0.6) is 0 Å². The number of rotatable bonds is 8. The number of anilines is 1. The SMILES string of the molecule is CCN(CC)CCN(C(=O)Cc1ccc(Cl)s1)c1nc2c(F)cc(F)cc2s1.Cl. The van der Waals surface area contributed by atoms with Crippen LogP contribution in [0, 0.1) is 11.6 Å². The molecule has 10 heteroatoms. The van der Waals surface area contributed by atoms with Crippen LogP contribution in [0.15, 0.2) is 24.3 Å². The summed E-state index contributed by atoms with van der Waals surface area (Å²) < 4.78 is 28.6. The normalized spacial score (nSPS) is 11.1. The number of fused-ring (bicyclic) bond motifs is 1. The Morgan fingerprint density at radius 1 is 1.14 bits per heavy atom. The van der Waals surface area contributed by atoms with Crippen LogP contribution in [0.1, 0.15) is 18.7 Å². The third kappa shape index (κ3) is 5.86. The molecule has 0 aliphatic heterocycles. The van der Waals surface area contributed by atoms with Gasteiger partial charge >= 0.3 is 0 Å². The molecule has 0 aliphatic rings. The molecule has 0 bridgehead atoms. The third-order valence-corrected chi connectivity index (χ3v) is 6.68. The number of thiophene rings is 1. The number of nitrogens with zero attached hydrogens (tertiary/aromatic N) is 3. The molecule has 1 amide bonds. The van der Waals surface area contributed by atoms with Gasteiger partial charge in [-0.15, -0.1) is 23.7 Å². The Balaban J connectivity index is 0.00000300. The van der Waals surface area contributed by atoms with Gasteiger partial charge in [-0.25, -0.2) is 13.8 Å². The molecule has 158 valence electrons. The van der Waals surface area contributed by atoms with E-state index in [1.54, 1.807) is 11.0 Å². The number of aromatic nitrogens is 1. The first-order valence-electron chi connectivity index (χ1n) is 8.93. The number of carbonyl (C=O) groups is 1. The summed E-state index contributed by atoms with van der Waals surface area (Å²) in [6, 6.07) is 5.62. The van der Waals surface area contributed by atoms with Gasteiger partial charge in [-0.05, 0) is 31.3 Å². The van der Waals surface area contributed by atoms with E-state index in [1.165, 1.54) is 17.4 Å². The number of benzene rings is 1. The number of hydrogen-bond donors (Lipinski definition) is 0. The highest BCUT2D eigenvalue weighted by Gasteiger charge is 2.22. The van der Waals surface area contributed by atoms with Crippen molar-refractivity contribution in [1.82, 2.24) is 9.88 Å². The Morgan fingerprint density at radius 3 is 2.48 bits per heavy atom. The van der Waals surface area contributed by atoms with Crippen LogP contribution in [-0.4, -0.2) is 42.0 Å². The van der Waals surface area contributed by atoms with Crippen molar-refractivity contribution in [2.75, 3.05) is 31.1 Å². The van der Waals surface area contributed by atoms with E-state index in [-0.39, 0.29) is 30.3 Å². The van der Waals surface area contributed by atoms with Crippen molar-refractivity contribution in [3.05, 3.63) is 45.1 Å². The van der Waals surface area contributed by atoms with Gasteiger partial charge in [0.05, 0.1) is 15.5 Å². The Kier molecular flexibility index (Phi) is 8.78. The molecule has 0 unspecified atom stereocenters. The standard InChI is InChI=1S/C19H20ClF2N3OS2.ClH/c1-3-24(4-2)7-8-25(17(26)11-13-5-6-16(20)27-13)19-23-18-14(22)9-12(21)10-15(18)28-19;/h5-6,9-10H,3-4,7-8,11H2,1-2H3;1H. The number of carbonyl (C=O) groups excluding carboxylic acids is 1. The van der Waals surface area contributed by atoms with Gasteiger partial charge in [0.1, 0.15) is 11.3 Å². The van der Waals surface area contributed by atoms with Gasteiger partial charge in [0.25, 0.3) is 0 Å². The molecule has 0 radical (unpaired) electrons. The molecule has 0 N–H and O–H groups in total. The van der Waals surface area contributed by atoms with Gasteiger partial charge in [-0.3, -0.25) is 9.69 Å². The number of halogens is 4. The van der Waals surface area contributed by atoms with E-state index >= 15 is 0 Å². The summed E-state index contributed by atoms with van der Waals surface area (Å²) in [5.74, 6) is -1.53. The Bertz CT molecular complexity index is 976. The lowest BCUT2D eigenvalue weighted by atomic mass is 10.3. The molecule has 2 heterocycles. The third-order valence-electron chi connectivity index (χ3n) is 4.42. The lowest BCUT2D eigenvalue weighted by Crippen LogP contribution is -2.39. The number of thiazole rings is 1. The van der Waals surface area contributed by atoms with E-state index in [2.05, 4.69) is 23.7 Å². The zero-order chi connectivity index (χ0) is 20.3. The summed E-state index contributed by atoms with van der Waals surface area (Å²) in [5, 5.41) is 0.374. The van der Waals surface area contributed by atoms with Crippen molar-refractivity contribution in [2.45, 2.75) is 20.3 Å². The minimum Gasteiger partial charge on any atom is -0.302 e. The van der Waals surface area contributed by atoms with Gasteiger partial charge < -0.3 is 4.90 Å². The average Bonchev–Trinajstić information content (AvgIpc) is 3.25. The summed E-state index contributed by atoms with van der Waals surface area (Å²) in [6.07, 6.45) is 0.183. The van der Waals surface area contributed by atoms with Crippen LogP contribution in [0.4, 0.5) is 13.9 Å². The maximum atomic E-state index is 14.1. The minimum atomic E-state index is -0.723. The largest absolute Gasteiger partial charge is 0.302 e. The summed E-state index contributed by atoms with van der Waals surface area (Å²) in [4.78, 5) is 21.9. The molecule has 0 spiro atoms. The fraction of sp³-hybridized carbons (Fsp3) is 0.368. The van der Waals surface area contributed by atoms with Crippen molar-refractivity contribution in [2.24, 2.45) is 0 Å². The molecule has 0 atom stereocenters. The Morgan fingerprint density at radius 2 is 1.86 bits per heavy atom. The van der Waals surface area contributed by atoms with Gasteiger partial charge in [-0.2, -0.15) is 0 Å². The van der Waals surface area contributed by atoms with Crippen LogP contribution in [0.25, 0.3) is 10.2 Å². The van der Waals surface area contributed by atoms with Crippen molar-refractivity contribution < 1.29 is 13.6 Å². The molecule has 0 aliphatic carbocycles. The highest BCUT2D eigenvalue weighted by Crippen LogP contribution is 2.32. The molecule has 3 rings (SSSR count). The highest BCUT2D eigenvalue weighted by atomic mass is 35.5. The summed E-state index contributed by atoms with van der Waals surface area (Å²) in [6.45, 7) is 6.91. The zero-order valence-corrected chi connectivity index (χ0v) is 19.2. The number of likely N-dealkylation sites (N-methyl/N-ethyl adjacent to an activating group) is 1. The topological polar surface area (TPSA) is 36.4 Å². The van der Waals surface area contributed by atoms with Crippen molar-refractivity contribution in [3.8, 4) is 0 Å². The fourth-order valence-corrected chi connectivity index (χ4v) is 4.99. The van der Waals surface area contributed by atoms with E-state index in [0.717, 1.165) is 35.4 Å². The van der Waals surface area contributed by atoms with Crippen molar-refractivity contribution in [3.63, 3.8) is 0 Å². The van der Waals surface area contributed by atoms with Crippen LogP contribution in [0.3, 0.4) is 0 Å². The van der Waals surface area contributed by atoms with E-state index in [0.29, 0.717) is 27.3 Å². The minimum absolute atomic E-state index is 0. The monoisotopic (exact) mass is 479 g/mol. The first kappa shape index (κ1) is 24.0. The molecular weight excluding hydrogens is 459 g/mol. The maximum Gasteiger partial charge on any atom is 0.234 e. The molecule has 3 aromatic rings. The average molecular weight is 480 g/mol. The van der Waals surface area contributed by atoms with E-state index < -0.39 is 11.6 Å². The zero-order valence-electron chi connectivity index (χ0n) is 16.0. The summed E-state index contributed by atoms with van der Waals surface area (Å²) in [5.41, 5.74) is 0.0845.